The van der Waals surface area contributed by atoms with E-state index in [0.717, 1.165) is 29.5 Å². The maximum atomic E-state index is 12.4. The summed E-state index contributed by atoms with van der Waals surface area (Å²) in [5.41, 5.74) is 2.25. The number of nitriles is 1. The highest BCUT2D eigenvalue weighted by Gasteiger charge is 2.27. The van der Waals surface area contributed by atoms with Crippen LogP contribution in [0.4, 0.5) is 0 Å². The van der Waals surface area contributed by atoms with Crippen LogP contribution in [-0.2, 0) is 0 Å². The molecule has 0 bridgehead atoms. The number of hydrogen-bond acceptors (Lipinski definition) is 5. The van der Waals surface area contributed by atoms with Gasteiger partial charge in [0.15, 0.2) is 5.65 Å². The van der Waals surface area contributed by atoms with Gasteiger partial charge in [-0.25, -0.2) is 9.97 Å². The molecule has 1 aliphatic rings. The summed E-state index contributed by atoms with van der Waals surface area (Å²) in [7, 11) is 0. The van der Waals surface area contributed by atoms with Gasteiger partial charge >= 0.3 is 0 Å². The molecule has 7 nitrogen and oxygen atoms in total. The molecule has 0 radical (unpaired) electrons. The monoisotopic (exact) mass is 376 g/mol. The van der Waals surface area contributed by atoms with E-state index in [2.05, 4.69) is 21.1 Å². The standard InChI is InChI=1S/C21H24N6O/c1-14(2)21(28)26-10-8-17-19(23-13-24-20(17)26)16-11-25-27(12-16)18(7-9-22)15-5-3-4-6-15/h8,10-15,18H,3-7H2,1-2H3/t18-/m1/s1. The predicted octanol–water partition coefficient (Wildman–Crippen LogP) is 4.24. The van der Waals surface area contributed by atoms with Crippen molar-refractivity contribution in [3.05, 3.63) is 31.0 Å². The fraction of sp³-hybridized carbons (Fsp3) is 0.476. The lowest BCUT2D eigenvalue weighted by Gasteiger charge is -2.21. The summed E-state index contributed by atoms with van der Waals surface area (Å²) in [5.74, 6) is 0.392. The van der Waals surface area contributed by atoms with Gasteiger partial charge in [-0.1, -0.05) is 26.7 Å². The van der Waals surface area contributed by atoms with Crippen LogP contribution in [0.1, 0.15) is 56.8 Å². The summed E-state index contributed by atoms with van der Waals surface area (Å²) in [6.45, 7) is 3.75. The Balaban J connectivity index is 1.71. The van der Waals surface area contributed by atoms with Crippen molar-refractivity contribution in [2.45, 2.75) is 52.0 Å². The first-order valence-corrected chi connectivity index (χ1v) is 9.88. The maximum Gasteiger partial charge on any atom is 0.234 e. The average Bonchev–Trinajstić information content (AvgIpc) is 3.45. The number of aromatic nitrogens is 5. The van der Waals surface area contributed by atoms with Gasteiger partial charge in [-0.2, -0.15) is 10.4 Å². The zero-order valence-corrected chi connectivity index (χ0v) is 16.2. The molecule has 7 heteroatoms. The summed E-state index contributed by atoms with van der Waals surface area (Å²) in [6, 6.07) is 4.30. The van der Waals surface area contributed by atoms with Crippen LogP contribution in [0.25, 0.3) is 22.3 Å². The molecule has 144 valence electrons. The SMILES string of the molecule is CC(C)C(=O)n1ccc2c(-c3cnn([C@H](CC#N)C4CCCC4)c3)ncnc21. The van der Waals surface area contributed by atoms with Crippen molar-refractivity contribution in [2.24, 2.45) is 11.8 Å². The Labute approximate surface area is 164 Å². The molecular formula is C21H24N6O. The van der Waals surface area contributed by atoms with Gasteiger partial charge in [-0.05, 0) is 24.8 Å². The van der Waals surface area contributed by atoms with Crippen molar-refractivity contribution in [3.8, 4) is 17.3 Å². The zero-order chi connectivity index (χ0) is 19.7. The summed E-state index contributed by atoms with van der Waals surface area (Å²) >= 11 is 0. The van der Waals surface area contributed by atoms with Gasteiger partial charge in [0, 0.05) is 29.3 Å². The molecule has 3 aromatic heterocycles. The number of fused-ring (bicyclic) bond motifs is 1. The lowest BCUT2D eigenvalue weighted by molar-refractivity contribution is 0.0860. The van der Waals surface area contributed by atoms with Gasteiger partial charge in [-0.3, -0.25) is 14.0 Å². The van der Waals surface area contributed by atoms with Crippen LogP contribution in [0, 0.1) is 23.2 Å². The first-order chi connectivity index (χ1) is 13.6. The fourth-order valence-corrected chi connectivity index (χ4v) is 4.19. The molecule has 4 rings (SSSR count). The number of carbonyl (C=O) groups excluding carboxylic acids is 1. The second kappa shape index (κ2) is 7.55. The smallest absolute Gasteiger partial charge is 0.234 e. The average molecular weight is 376 g/mol. The molecule has 1 saturated carbocycles. The lowest BCUT2D eigenvalue weighted by Crippen LogP contribution is -2.17. The third-order valence-corrected chi connectivity index (χ3v) is 5.67. The Bertz CT molecular complexity index is 1030. The highest BCUT2D eigenvalue weighted by molar-refractivity contribution is 5.97. The summed E-state index contributed by atoms with van der Waals surface area (Å²) < 4.78 is 3.52. The number of rotatable bonds is 5. The summed E-state index contributed by atoms with van der Waals surface area (Å²) in [6.07, 6.45) is 12.2. The zero-order valence-electron chi connectivity index (χ0n) is 16.2. The van der Waals surface area contributed by atoms with Crippen LogP contribution in [0.5, 0.6) is 0 Å². The highest BCUT2D eigenvalue weighted by atomic mass is 16.2. The van der Waals surface area contributed by atoms with Crippen LogP contribution in [0.3, 0.4) is 0 Å². The molecule has 0 spiro atoms. The van der Waals surface area contributed by atoms with Gasteiger partial charge in [0.1, 0.15) is 6.33 Å². The second-order valence-corrected chi connectivity index (χ2v) is 7.82. The van der Waals surface area contributed by atoms with E-state index in [9.17, 15) is 10.1 Å². The molecule has 0 unspecified atom stereocenters. The van der Waals surface area contributed by atoms with Gasteiger partial charge in [0.25, 0.3) is 0 Å². The number of carbonyl (C=O) groups is 1. The molecular weight excluding hydrogens is 352 g/mol. The first-order valence-electron chi connectivity index (χ1n) is 9.88. The van der Waals surface area contributed by atoms with Gasteiger partial charge in [-0.15, -0.1) is 0 Å². The van der Waals surface area contributed by atoms with Gasteiger partial charge in [0.05, 0.1) is 30.4 Å². The molecule has 0 aromatic carbocycles. The van der Waals surface area contributed by atoms with Crippen LogP contribution >= 0.6 is 0 Å². The van der Waals surface area contributed by atoms with E-state index in [0.29, 0.717) is 18.0 Å². The van der Waals surface area contributed by atoms with Crippen LogP contribution in [0.2, 0.25) is 0 Å². The number of hydrogen-bond donors (Lipinski definition) is 0. The van der Waals surface area contributed by atoms with Crippen molar-refractivity contribution < 1.29 is 4.79 Å². The van der Waals surface area contributed by atoms with E-state index in [1.165, 1.54) is 19.2 Å². The third-order valence-electron chi connectivity index (χ3n) is 5.67. The second-order valence-electron chi connectivity index (χ2n) is 7.82. The number of nitrogens with zero attached hydrogens (tertiary/aromatic N) is 6. The van der Waals surface area contributed by atoms with Crippen molar-refractivity contribution in [3.63, 3.8) is 0 Å². The van der Waals surface area contributed by atoms with E-state index in [4.69, 9.17) is 0 Å². The Kier molecular flexibility index (Phi) is 4.95. The largest absolute Gasteiger partial charge is 0.274 e. The third kappa shape index (κ3) is 3.19. The van der Waals surface area contributed by atoms with E-state index in [1.807, 2.05) is 30.8 Å². The summed E-state index contributed by atoms with van der Waals surface area (Å²) in [4.78, 5) is 21.2. The topological polar surface area (TPSA) is 89.4 Å². The molecule has 0 N–H and O–H groups in total. The van der Waals surface area contributed by atoms with Gasteiger partial charge < -0.3 is 0 Å². The first kappa shape index (κ1) is 18.4. The minimum absolute atomic E-state index is 0.00524. The lowest BCUT2D eigenvalue weighted by atomic mass is 9.96. The minimum Gasteiger partial charge on any atom is -0.274 e. The Hall–Kier alpha value is -3.01. The quantitative estimate of drug-likeness (QED) is 0.664. The van der Waals surface area contributed by atoms with E-state index in [-0.39, 0.29) is 17.9 Å². The highest BCUT2D eigenvalue weighted by Crippen LogP contribution is 2.36. The van der Waals surface area contributed by atoms with Crippen molar-refractivity contribution in [1.82, 2.24) is 24.3 Å². The fourth-order valence-electron chi connectivity index (χ4n) is 4.19. The molecule has 0 saturated heterocycles. The van der Waals surface area contributed by atoms with E-state index < -0.39 is 0 Å². The molecule has 0 aliphatic heterocycles. The predicted molar refractivity (Wildman–Crippen MR) is 105 cm³/mol. The molecule has 0 amide bonds. The van der Waals surface area contributed by atoms with Crippen molar-refractivity contribution >= 4 is 16.9 Å². The molecule has 28 heavy (non-hydrogen) atoms. The normalized spacial score (nSPS) is 15.9. The van der Waals surface area contributed by atoms with Crippen LogP contribution in [-0.4, -0.2) is 30.2 Å². The van der Waals surface area contributed by atoms with E-state index in [1.54, 1.807) is 17.0 Å². The molecule has 1 fully saturated rings. The van der Waals surface area contributed by atoms with Crippen molar-refractivity contribution in [1.29, 1.82) is 5.26 Å². The van der Waals surface area contributed by atoms with E-state index >= 15 is 0 Å². The molecule has 1 aliphatic carbocycles. The van der Waals surface area contributed by atoms with Gasteiger partial charge in [0.2, 0.25) is 5.91 Å². The van der Waals surface area contributed by atoms with Crippen LogP contribution in [0.15, 0.2) is 31.0 Å². The molecule has 3 aromatic rings. The summed E-state index contributed by atoms with van der Waals surface area (Å²) in [5, 5.41) is 14.7. The Morgan fingerprint density at radius 1 is 1.32 bits per heavy atom. The molecule has 3 heterocycles. The Morgan fingerprint density at radius 3 is 2.82 bits per heavy atom. The van der Waals surface area contributed by atoms with Crippen LogP contribution < -0.4 is 0 Å². The minimum atomic E-state index is -0.116. The van der Waals surface area contributed by atoms with Crippen molar-refractivity contribution in [2.75, 3.05) is 0 Å². The molecule has 1 atom stereocenters. The Morgan fingerprint density at radius 2 is 2.11 bits per heavy atom. The maximum absolute atomic E-state index is 12.4.